The van der Waals surface area contributed by atoms with Gasteiger partial charge in [0.25, 0.3) is 0 Å². The van der Waals surface area contributed by atoms with Crippen molar-refractivity contribution < 1.29 is 17.9 Å². The molecule has 1 aromatic carbocycles. The first kappa shape index (κ1) is 15.5. The minimum Gasteiger partial charge on any atom is -0.383 e. The van der Waals surface area contributed by atoms with E-state index in [-0.39, 0.29) is 0 Å². The van der Waals surface area contributed by atoms with Gasteiger partial charge in [-0.15, -0.1) is 0 Å². The second kappa shape index (κ2) is 6.73. The van der Waals surface area contributed by atoms with Crippen LogP contribution in [0.5, 0.6) is 0 Å². The average molecular weight is 299 g/mol. The van der Waals surface area contributed by atoms with Crippen molar-refractivity contribution in [2.75, 3.05) is 20.3 Å². The van der Waals surface area contributed by atoms with Gasteiger partial charge < -0.3 is 10.1 Å². The van der Waals surface area contributed by atoms with Crippen molar-refractivity contribution in [2.45, 2.75) is 12.7 Å². The van der Waals surface area contributed by atoms with Crippen LogP contribution in [0.1, 0.15) is 11.1 Å². The highest BCUT2D eigenvalue weighted by Crippen LogP contribution is 2.29. The van der Waals surface area contributed by atoms with Gasteiger partial charge in [-0.3, -0.25) is 0 Å². The van der Waals surface area contributed by atoms with E-state index in [0.717, 1.165) is 24.5 Å². The first-order valence-corrected chi connectivity index (χ1v) is 6.41. The molecular weight excluding hydrogens is 283 g/mol. The lowest BCUT2D eigenvalue weighted by Gasteiger charge is -2.06. The van der Waals surface area contributed by atoms with Crippen molar-refractivity contribution in [1.29, 1.82) is 0 Å². The molecule has 4 nitrogen and oxygen atoms in total. The monoisotopic (exact) mass is 299 g/mol. The van der Waals surface area contributed by atoms with Crippen molar-refractivity contribution in [3.05, 3.63) is 47.8 Å². The molecule has 7 heteroatoms. The fourth-order valence-corrected chi connectivity index (χ4v) is 1.78. The van der Waals surface area contributed by atoms with Crippen LogP contribution in [0.2, 0.25) is 0 Å². The Morgan fingerprint density at radius 1 is 1.24 bits per heavy atom. The molecule has 0 aliphatic rings. The van der Waals surface area contributed by atoms with Gasteiger partial charge in [0.15, 0.2) is 0 Å². The molecule has 0 unspecified atom stereocenters. The largest absolute Gasteiger partial charge is 0.419 e. The van der Waals surface area contributed by atoms with E-state index >= 15 is 0 Å². The molecule has 0 saturated heterocycles. The smallest absolute Gasteiger partial charge is 0.383 e. The maximum Gasteiger partial charge on any atom is 0.419 e. The summed E-state index contributed by atoms with van der Waals surface area (Å²) in [6, 6.07) is 7.18. The van der Waals surface area contributed by atoms with Crippen LogP contribution in [0.25, 0.3) is 5.69 Å². The Hall–Kier alpha value is -1.86. The summed E-state index contributed by atoms with van der Waals surface area (Å²) in [5, 5.41) is 6.92. The van der Waals surface area contributed by atoms with E-state index in [1.165, 1.54) is 4.68 Å². The normalized spacial score (nSPS) is 11.8. The van der Waals surface area contributed by atoms with Crippen LogP contribution >= 0.6 is 0 Å². The van der Waals surface area contributed by atoms with E-state index in [2.05, 4.69) is 10.4 Å². The maximum absolute atomic E-state index is 12.5. The summed E-state index contributed by atoms with van der Waals surface area (Å²) in [6.45, 7) is 2.05. The Kier molecular flexibility index (Phi) is 4.98. The molecule has 0 aliphatic heterocycles. The van der Waals surface area contributed by atoms with Crippen molar-refractivity contribution >= 4 is 0 Å². The van der Waals surface area contributed by atoms with Gasteiger partial charge in [-0.25, -0.2) is 4.68 Å². The van der Waals surface area contributed by atoms with Crippen LogP contribution in [0.3, 0.4) is 0 Å². The van der Waals surface area contributed by atoms with Crippen LogP contribution < -0.4 is 5.32 Å². The Bertz CT molecular complexity index is 564. The Morgan fingerprint density at radius 3 is 2.52 bits per heavy atom. The first-order chi connectivity index (χ1) is 10.0. The third-order valence-electron chi connectivity index (χ3n) is 2.92. The molecule has 0 fully saturated rings. The van der Waals surface area contributed by atoms with Crippen LogP contribution in [0.15, 0.2) is 36.7 Å². The van der Waals surface area contributed by atoms with Crippen molar-refractivity contribution in [2.24, 2.45) is 0 Å². The number of halogens is 3. The maximum atomic E-state index is 12.5. The van der Waals surface area contributed by atoms with Crippen molar-refractivity contribution in [1.82, 2.24) is 15.1 Å². The third-order valence-corrected chi connectivity index (χ3v) is 2.92. The number of benzene rings is 1. The zero-order valence-corrected chi connectivity index (χ0v) is 11.5. The highest BCUT2D eigenvalue weighted by molar-refractivity contribution is 5.34. The molecule has 2 aromatic rings. The van der Waals surface area contributed by atoms with Crippen LogP contribution in [-0.4, -0.2) is 30.0 Å². The van der Waals surface area contributed by atoms with Crippen molar-refractivity contribution in [3.8, 4) is 5.69 Å². The number of nitrogens with one attached hydrogen (secondary N) is 1. The number of hydrogen-bond acceptors (Lipinski definition) is 3. The number of nitrogens with zero attached hydrogens (tertiary/aromatic N) is 2. The van der Waals surface area contributed by atoms with Gasteiger partial charge in [-0.2, -0.15) is 18.3 Å². The van der Waals surface area contributed by atoms with Gasteiger partial charge in [0.05, 0.1) is 24.1 Å². The van der Waals surface area contributed by atoms with Gasteiger partial charge in [0.1, 0.15) is 0 Å². The summed E-state index contributed by atoms with van der Waals surface area (Å²) in [5.41, 5.74) is 0.872. The Morgan fingerprint density at radius 2 is 1.95 bits per heavy atom. The third kappa shape index (κ3) is 4.30. The lowest BCUT2D eigenvalue weighted by Crippen LogP contribution is -2.18. The van der Waals surface area contributed by atoms with Crippen LogP contribution in [0, 0.1) is 0 Å². The quantitative estimate of drug-likeness (QED) is 0.833. The number of ether oxygens (including phenoxy) is 1. The number of aromatic nitrogens is 2. The Labute approximate surface area is 120 Å². The van der Waals surface area contributed by atoms with Crippen molar-refractivity contribution in [3.63, 3.8) is 0 Å². The summed E-state index contributed by atoms with van der Waals surface area (Å²) in [5.74, 6) is 0. The molecule has 0 saturated carbocycles. The minimum absolute atomic E-state index is 0.589. The SMILES string of the molecule is COCCNCc1ccc(-n2cc(C(F)(F)F)cn2)cc1. The van der Waals surface area contributed by atoms with E-state index in [1.807, 2.05) is 12.1 Å². The number of hydrogen-bond donors (Lipinski definition) is 1. The number of alkyl halides is 3. The standard InChI is InChI=1S/C14H16F3N3O/c1-21-7-6-18-8-11-2-4-13(5-3-11)20-10-12(9-19-20)14(15,16)17/h2-5,9-10,18H,6-8H2,1H3. The van der Waals surface area contributed by atoms with Crippen LogP contribution in [-0.2, 0) is 17.5 Å². The molecule has 1 aromatic heterocycles. The molecule has 1 heterocycles. The second-order valence-corrected chi connectivity index (χ2v) is 4.51. The zero-order chi connectivity index (χ0) is 15.3. The molecule has 0 spiro atoms. The molecule has 0 bridgehead atoms. The summed E-state index contributed by atoms with van der Waals surface area (Å²) in [6.07, 6.45) is -2.57. The lowest BCUT2D eigenvalue weighted by atomic mass is 10.2. The minimum atomic E-state index is -4.37. The highest BCUT2D eigenvalue weighted by atomic mass is 19.4. The summed E-state index contributed by atoms with van der Waals surface area (Å²) < 4.78 is 43.7. The molecule has 1 N–H and O–H groups in total. The molecule has 0 radical (unpaired) electrons. The molecule has 2 rings (SSSR count). The summed E-state index contributed by atoms with van der Waals surface area (Å²) in [7, 11) is 1.63. The number of rotatable bonds is 6. The fourth-order valence-electron chi connectivity index (χ4n) is 1.78. The average Bonchev–Trinajstić information content (AvgIpc) is 2.94. The highest BCUT2D eigenvalue weighted by Gasteiger charge is 2.32. The lowest BCUT2D eigenvalue weighted by molar-refractivity contribution is -0.137. The molecule has 114 valence electrons. The Balaban J connectivity index is 2.00. The van der Waals surface area contributed by atoms with Crippen LogP contribution in [0.4, 0.5) is 13.2 Å². The van der Waals surface area contributed by atoms with E-state index in [9.17, 15) is 13.2 Å². The summed E-state index contributed by atoms with van der Waals surface area (Å²) >= 11 is 0. The predicted octanol–water partition coefficient (Wildman–Crippen LogP) is 2.63. The van der Waals surface area contributed by atoms with Gasteiger partial charge in [-0.1, -0.05) is 12.1 Å². The fraction of sp³-hybridized carbons (Fsp3) is 0.357. The van der Waals surface area contributed by atoms with E-state index in [4.69, 9.17) is 4.74 Å². The molecule has 0 atom stereocenters. The molecular formula is C14H16F3N3O. The topological polar surface area (TPSA) is 39.1 Å². The van der Waals surface area contributed by atoms with E-state index < -0.39 is 11.7 Å². The van der Waals surface area contributed by atoms with Gasteiger partial charge in [0, 0.05) is 26.4 Å². The zero-order valence-electron chi connectivity index (χ0n) is 11.5. The van der Waals surface area contributed by atoms with Gasteiger partial charge >= 0.3 is 6.18 Å². The summed E-state index contributed by atoms with van der Waals surface area (Å²) in [4.78, 5) is 0. The second-order valence-electron chi connectivity index (χ2n) is 4.51. The predicted molar refractivity (Wildman–Crippen MR) is 72.1 cm³/mol. The van der Waals surface area contributed by atoms with Gasteiger partial charge in [-0.05, 0) is 17.7 Å². The van der Waals surface area contributed by atoms with E-state index in [1.54, 1.807) is 19.2 Å². The van der Waals surface area contributed by atoms with Gasteiger partial charge in [0.2, 0.25) is 0 Å². The van der Waals surface area contributed by atoms with E-state index in [0.29, 0.717) is 18.8 Å². The molecule has 0 amide bonds. The first-order valence-electron chi connectivity index (χ1n) is 6.41. The number of methoxy groups -OCH3 is 1. The molecule has 21 heavy (non-hydrogen) atoms. The molecule has 0 aliphatic carbocycles.